The molecule has 0 spiro atoms. The zero-order valence-electron chi connectivity index (χ0n) is 9.60. The quantitative estimate of drug-likeness (QED) is 0.815. The Labute approximate surface area is 94.5 Å². The third-order valence-electron chi connectivity index (χ3n) is 2.89. The number of aliphatic hydroxyl groups is 1. The van der Waals surface area contributed by atoms with E-state index < -0.39 is 17.5 Å². The van der Waals surface area contributed by atoms with Crippen molar-refractivity contribution in [2.75, 3.05) is 7.11 Å². The molecule has 1 aromatic rings. The summed E-state index contributed by atoms with van der Waals surface area (Å²) in [6.07, 6.45) is 0. The van der Waals surface area contributed by atoms with Gasteiger partial charge in [-0.3, -0.25) is 0 Å². The Hall–Kier alpha value is -1.55. The second-order valence-electron chi connectivity index (χ2n) is 3.95. The molecule has 0 saturated heterocycles. The molecule has 2 atom stereocenters. The van der Waals surface area contributed by atoms with Gasteiger partial charge in [-0.25, -0.2) is 4.79 Å². The van der Waals surface area contributed by atoms with Gasteiger partial charge in [-0.2, -0.15) is 0 Å². The zero-order chi connectivity index (χ0) is 12.3. The third-order valence-corrected chi connectivity index (χ3v) is 2.89. The normalized spacial score (nSPS) is 16.2. The van der Waals surface area contributed by atoms with Gasteiger partial charge >= 0.3 is 5.97 Å². The van der Waals surface area contributed by atoms with Gasteiger partial charge in [-0.15, -0.1) is 0 Å². The fraction of sp³-hybridized carbons (Fsp3) is 0.417. The van der Waals surface area contributed by atoms with Crippen molar-refractivity contribution in [1.29, 1.82) is 0 Å². The summed E-state index contributed by atoms with van der Waals surface area (Å²) in [6, 6.07) is 6.98. The van der Waals surface area contributed by atoms with Gasteiger partial charge in [0.1, 0.15) is 5.75 Å². The Morgan fingerprint density at radius 3 is 2.25 bits per heavy atom. The molecule has 88 valence electrons. The number of benzene rings is 1. The Morgan fingerprint density at radius 1 is 1.38 bits per heavy atom. The molecule has 0 aliphatic rings. The van der Waals surface area contributed by atoms with Crippen molar-refractivity contribution in [1.82, 2.24) is 0 Å². The SMILES string of the molecule is COc1ccc(C(C)C(C)(O)C(=O)O)cc1. The molecular weight excluding hydrogens is 208 g/mol. The average molecular weight is 224 g/mol. The van der Waals surface area contributed by atoms with Gasteiger partial charge in [0, 0.05) is 5.92 Å². The van der Waals surface area contributed by atoms with E-state index in [-0.39, 0.29) is 0 Å². The summed E-state index contributed by atoms with van der Waals surface area (Å²) in [6.45, 7) is 2.97. The highest BCUT2D eigenvalue weighted by atomic mass is 16.5. The largest absolute Gasteiger partial charge is 0.497 e. The molecule has 0 aliphatic carbocycles. The lowest BCUT2D eigenvalue weighted by molar-refractivity contribution is -0.158. The molecule has 0 saturated carbocycles. The van der Waals surface area contributed by atoms with E-state index in [0.29, 0.717) is 5.75 Å². The number of carboxylic acid groups (broad SMARTS) is 1. The van der Waals surface area contributed by atoms with Crippen LogP contribution >= 0.6 is 0 Å². The summed E-state index contributed by atoms with van der Waals surface area (Å²) in [5.74, 6) is -1.02. The topological polar surface area (TPSA) is 66.8 Å². The monoisotopic (exact) mass is 224 g/mol. The van der Waals surface area contributed by atoms with Crippen LogP contribution in [0.25, 0.3) is 0 Å². The van der Waals surface area contributed by atoms with Gasteiger partial charge in [0.2, 0.25) is 0 Å². The standard InChI is InChI=1S/C12H16O4/c1-8(12(2,15)11(13)14)9-4-6-10(16-3)7-5-9/h4-8,15H,1-3H3,(H,13,14). The number of hydrogen-bond donors (Lipinski definition) is 2. The average Bonchev–Trinajstić information content (AvgIpc) is 2.28. The van der Waals surface area contributed by atoms with Gasteiger partial charge in [0.05, 0.1) is 7.11 Å². The van der Waals surface area contributed by atoms with E-state index >= 15 is 0 Å². The van der Waals surface area contributed by atoms with E-state index in [0.717, 1.165) is 5.56 Å². The number of carboxylic acids is 1. The number of methoxy groups -OCH3 is 1. The highest BCUT2D eigenvalue weighted by molar-refractivity contribution is 5.78. The smallest absolute Gasteiger partial charge is 0.336 e. The number of rotatable bonds is 4. The van der Waals surface area contributed by atoms with E-state index in [1.54, 1.807) is 38.3 Å². The molecule has 2 unspecified atom stereocenters. The van der Waals surface area contributed by atoms with Crippen LogP contribution in [0.2, 0.25) is 0 Å². The summed E-state index contributed by atoms with van der Waals surface area (Å²) < 4.78 is 5.00. The molecular formula is C12H16O4. The fourth-order valence-electron chi connectivity index (χ4n) is 1.40. The Balaban J connectivity index is 2.96. The maximum absolute atomic E-state index is 10.9. The zero-order valence-corrected chi connectivity index (χ0v) is 9.60. The molecule has 1 rings (SSSR count). The summed E-state index contributed by atoms with van der Waals surface area (Å²) in [5.41, 5.74) is -1.01. The van der Waals surface area contributed by atoms with Gasteiger partial charge in [-0.1, -0.05) is 19.1 Å². The van der Waals surface area contributed by atoms with Crippen LogP contribution in [0, 0.1) is 0 Å². The lowest BCUT2D eigenvalue weighted by atomic mass is 9.85. The Kier molecular flexibility index (Phi) is 3.55. The first-order chi connectivity index (χ1) is 7.39. The lowest BCUT2D eigenvalue weighted by Gasteiger charge is -2.26. The summed E-state index contributed by atoms with van der Waals surface area (Å²) in [5, 5.41) is 18.7. The molecule has 0 aromatic heterocycles. The van der Waals surface area contributed by atoms with E-state index in [9.17, 15) is 9.90 Å². The van der Waals surface area contributed by atoms with Crippen molar-refractivity contribution < 1.29 is 19.7 Å². The number of hydrogen-bond acceptors (Lipinski definition) is 3. The van der Waals surface area contributed by atoms with Crippen LogP contribution in [0.15, 0.2) is 24.3 Å². The van der Waals surface area contributed by atoms with Gasteiger partial charge < -0.3 is 14.9 Å². The van der Waals surface area contributed by atoms with Gasteiger partial charge in [0.25, 0.3) is 0 Å². The van der Waals surface area contributed by atoms with E-state index in [1.807, 2.05) is 0 Å². The van der Waals surface area contributed by atoms with E-state index in [1.165, 1.54) is 6.92 Å². The Morgan fingerprint density at radius 2 is 1.88 bits per heavy atom. The molecule has 4 nitrogen and oxygen atoms in total. The van der Waals surface area contributed by atoms with E-state index in [4.69, 9.17) is 9.84 Å². The van der Waals surface area contributed by atoms with Crippen molar-refractivity contribution in [3.8, 4) is 5.75 Å². The van der Waals surface area contributed by atoms with Crippen LogP contribution in [-0.2, 0) is 4.79 Å². The first-order valence-electron chi connectivity index (χ1n) is 4.99. The fourth-order valence-corrected chi connectivity index (χ4v) is 1.40. The maximum Gasteiger partial charge on any atom is 0.336 e. The summed E-state index contributed by atoms with van der Waals surface area (Å²) in [4.78, 5) is 10.9. The molecule has 2 N–H and O–H groups in total. The minimum atomic E-state index is -1.77. The van der Waals surface area contributed by atoms with Crippen LogP contribution < -0.4 is 4.74 Å². The van der Waals surface area contributed by atoms with Crippen LogP contribution in [0.5, 0.6) is 5.75 Å². The minimum absolute atomic E-state index is 0.490. The van der Waals surface area contributed by atoms with Crippen LogP contribution in [-0.4, -0.2) is 28.9 Å². The maximum atomic E-state index is 10.9. The molecule has 16 heavy (non-hydrogen) atoms. The molecule has 4 heteroatoms. The third kappa shape index (κ3) is 2.33. The molecule has 0 aliphatic heterocycles. The number of carbonyl (C=O) groups is 1. The van der Waals surface area contributed by atoms with Crippen molar-refractivity contribution >= 4 is 5.97 Å². The molecule has 0 bridgehead atoms. The lowest BCUT2D eigenvalue weighted by Crippen LogP contribution is -2.40. The molecule has 0 fully saturated rings. The molecule has 0 amide bonds. The second kappa shape index (κ2) is 4.53. The van der Waals surface area contributed by atoms with Crippen LogP contribution in [0.1, 0.15) is 25.3 Å². The van der Waals surface area contributed by atoms with Crippen molar-refractivity contribution in [3.05, 3.63) is 29.8 Å². The van der Waals surface area contributed by atoms with Crippen LogP contribution in [0.3, 0.4) is 0 Å². The molecule has 1 aromatic carbocycles. The predicted molar refractivity (Wildman–Crippen MR) is 59.7 cm³/mol. The van der Waals surface area contributed by atoms with E-state index in [2.05, 4.69) is 0 Å². The molecule has 0 radical (unpaired) electrons. The van der Waals surface area contributed by atoms with Crippen molar-refractivity contribution in [2.45, 2.75) is 25.4 Å². The summed E-state index contributed by atoms with van der Waals surface area (Å²) >= 11 is 0. The predicted octanol–water partition coefficient (Wildman–Crippen LogP) is 1.63. The number of aliphatic carboxylic acids is 1. The van der Waals surface area contributed by atoms with Gasteiger partial charge in [-0.05, 0) is 24.6 Å². The minimum Gasteiger partial charge on any atom is -0.497 e. The van der Waals surface area contributed by atoms with Gasteiger partial charge in [0.15, 0.2) is 5.60 Å². The Bertz CT molecular complexity index is 367. The highest BCUT2D eigenvalue weighted by Gasteiger charge is 2.37. The van der Waals surface area contributed by atoms with Crippen molar-refractivity contribution in [2.24, 2.45) is 0 Å². The van der Waals surface area contributed by atoms with Crippen molar-refractivity contribution in [3.63, 3.8) is 0 Å². The summed E-state index contributed by atoms with van der Waals surface area (Å²) in [7, 11) is 1.56. The highest BCUT2D eigenvalue weighted by Crippen LogP contribution is 2.29. The second-order valence-corrected chi connectivity index (χ2v) is 3.95. The molecule has 0 heterocycles. The first kappa shape index (κ1) is 12.5. The first-order valence-corrected chi connectivity index (χ1v) is 4.99. The number of ether oxygens (including phenoxy) is 1. The van der Waals surface area contributed by atoms with Crippen LogP contribution in [0.4, 0.5) is 0 Å².